The lowest BCUT2D eigenvalue weighted by Crippen LogP contribution is -2.35. The molecule has 0 radical (unpaired) electrons. The molecule has 2 N–H and O–H groups in total. The molecule has 0 spiro atoms. The lowest BCUT2D eigenvalue weighted by atomic mass is 10.1. The molecule has 0 aromatic carbocycles. The van der Waals surface area contributed by atoms with Gasteiger partial charge in [0, 0.05) is 26.6 Å². The van der Waals surface area contributed by atoms with E-state index >= 15 is 0 Å². The maximum atomic E-state index is 11.6. The molecule has 7 nitrogen and oxygen atoms in total. The Hall–Kier alpha value is -1.63. The first-order valence-electron chi connectivity index (χ1n) is 7.31. The number of urea groups is 1. The number of imide groups is 1. The second-order valence-corrected chi connectivity index (χ2v) is 5.88. The van der Waals surface area contributed by atoms with Crippen LogP contribution >= 0.6 is 0 Å². The van der Waals surface area contributed by atoms with Gasteiger partial charge in [-0.1, -0.05) is 13.8 Å². The third-order valence-corrected chi connectivity index (χ3v) is 3.29. The number of rotatable bonds is 8. The molecule has 1 fully saturated rings. The van der Waals surface area contributed by atoms with Crippen LogP contribution in [-0.4, -0.2) is 65.5 Å². The van der Waals surface area contributed by atoms with E-state index in [0.717, 1.165) is 0 Å². The number of hydrogen-bond donors (Lipinski definition) is 2. The topological polar surface area (TPSA) is 89.9 Å². The maximum Gasteiger partial charge on any atom is 0.326 e. The molecular formula is C14H25N3O4. The quantitative estimate of drug-likeness (QED) is 0.626. The Morgan fingerprint density at radius 3 is 2.57 bits per heavy atom. The van der Waals surface area contributed by atoms with Crippen LogP contribution in [0.1, 0.15) is 33.1 Å². The van der Waals surface area contributed by atoms with Gasteiger partial charge >= 0.3 is 6.03 Å². The summed E-state index contributed by atoms with van der Waals surface area (Å²) in [7, 11) is 1.57. The molecule has 1 aliphatic heterocycles. The Labute approximate surface area is 125 Å². The van der Waals surface area contributed by atoms with Gasteiger partial charge in [-0.3, -0.25) is 14.5 Å². The molecule has 0 aliphatic carbocycles. The van der Waals surface area contributed by atoms with E-state index in [9.17, 15) is 19.5 Å². The molecule has 0 saturated carbocycles. The molecule has 4 amide bonds. The zero-order chi connectivity index (χ0) is 16.0. The largest absolute Gasteiger partial charge is 0.391 e. The van der Waals surface area contributed by atoms with Gasteiger partial charge < -0.3 is 15.3 Å². The van der Waals surface area contributed by atoms with E-state index in [1.165, 1.54) is 9.80 Å². The highest BCUT2D eigenvalue weighted by molar-refractivity contribution is 6.01. The van der Waals surface area contributed by atoms with E-state index in [-0.39, 0.29) is 43.9 Å². The number of amides is 4. The minimum absolute atomic E-state index is 0.104. The van der Waals surface area contributed by atoms with Crippen molar-refractivity contribution < 1.29 is 19.5 Å². The second kappa shape index (κ2) is 7.97. The normalized spacial score (nSPS) is 16.8. The fraction of sp³-hybridized carbons (Fsp3) is 0.786. The Balaban J connectivity index is 2.19. The number of carbonyl (C=O) groups is 3. The first kappa shape index (κ1) is 17.4. The smallest absolute Gasteiger partial charge is 0.326 e. The van der Waals surface area contributed by atoms with Gasteiger partial charge in [-0.05, 0) is 18.8 Å². The van der Waals surface area contributed by atoms with Crippen LogP contribution in [0.5, 0.6) is 0 Å². The van der Waals surface area contributed by atoms with Crippen molar-refractivity contribution in [3.05, 3.63) is 0 Å². The van der Waals surface area contributed by atoms with Gasteiger partial charge in [0.15, 0.2) is 0 Å². The number of nitrogens with one attached hydrogen (secondary N) is 1. The molecule has 1 rings (SSSR count). The first-order valence-corrected chi connectivity index (χ1v) is 7.31. The highest BCUT2D eigenvalue weighted by atomic mass is 16.3. The summed E-state index contributed by atoms with van der Waals surface area (Å²) >= 11 is 0. The van der Waals surface area contributed by atoms with Crippen LogP contribution in [0, 0.1) is 5.92 Å². The van der Waals surface area contributed by atoms with Gasteiger partial charge in [0.25, 0.3) is 0 Å². The summed E-state index contributed by atoms with van der Waals surface area (Å²) in [6.45, 7) is 4.61. The molecule has 1 heterocycles. The number of likely N-dealkylation sites (N-methyl/N-ethyl adjacent to an activating group) is 1. The molecule has 1 atom stereocenters. The first-order chi connectivity index (χ1) is 9.81. The summed E-state index contributed by atoms with van der Waals surface area (Å²) in [4.78, 5) is 37.3. The predicted octanol–water partition coefficient (Wildman–Crippen LogP) is 0.184. The SMILES string of the molecule is CC(C)CC(O)CNC(=O)CCCN1C(=O)CN(C)C1=O. The van der Waals surface area contributed by atoms with Crippen molar-refractivity contribution in [3.8, 4) is 0 Å². The summed E-state index contributed by atoms with van der Waals surface area (Å²) < 4.78 is 0. The summed E-state index contributed by atoms with van der Waals surface area (Å²) in [5.74, 6) is -0.0263. The molecule has 0 aromatic heterocycles. The fourth-order valence-corrected chi connectivity index (χ4v) is 2.23. The monoisotopic (exact) mass is 299 g/mol. The standard InChI is InChI=1S/C14H25N3O4/c1-10(2)7-11(18)8-15-12(19)5-4-6-17-13(20)9-16(3)14(17)21/h10-11,18H,4-9H2,1-3H3,(H,15,19). The van der Waals surface area contributed by atoms with Crippen LogP contribution in [0.15, 0.2) is 0 Å². The van der Waals surface area contributed by atoms with E-state index < -0.39 is 6.10 Å². The van der Waals surface area contributed by atoms with Gasteiger partial charge in [0.05, 0.1) is 6.10 Å². The summed E-state index contributed by atoms with van der Waals surface area (Å²) in [5.41, 5.74) is 0. The van der Waals surface area contributed by atoms with Crippen LogP contribution in [-0.2, 0) is 9.59 Å². The number of aliphatic hydroxyl groups is 1. The van der Waals surface area contributed by atoms with Crippen molar-refractivity contribution in [1.29, 1.82) is 0 Å². The third kappa shape index (κ3) is 5.71. The average molecular weight is 299 g/mol. The maximum absolute atomic E-state index is 11.6. The van der Waals surface area contributed by atoms with Crippen LogP contribution in [0.4, 0.5) is 4.79 Å². The number of hydrogen-bond acceptors (Lipinski definition) is 4. The Bertz CT molecular complexity index is 398. The molecule has 0 aromatic rings. The fourth-order valence-electron chi connectivity index (χ4n) is 2.23. The molecule has 1 unspecified atom stereocenters. The van der Waals surface area contributed by atoms with Crippen LogP contribution < -0.4 is 5.32 Å². The van der Waals surface area contributed by atoms with E-state index in [0.29, 0.717) is 18.8 Å². The Morgan fingerprint density at radius 2 is 2.05 bits per heavy atom. The number of carbonyl (C=O) groups excluding carboxylic acids is 3. The minimum atomic E-state index is -0.538. The third-order valence-electron chi connectivity index (χ3n) is 3.29. The van der Waals surface area contributed by atoms with E-state index in [1.54, 1.807) is 7.05 Å². The van der Waals surface area contributed by atoms with Crippen molar-refractivity contribution in [2.75, 3.05) is 26.7 Å². The van der Waals surface area contributed by atoms with E-state index in [4.69, 9.17) is 0 Å². The molecule has 1 aliphatic rings. The summed E-state index contributed by atoms with van der Waals surface area (Å²) in [6, 6.07) is -0.312. The lowest BCUT2D eigenvalue weighted by molar-refractivity contribution is -0.126. The van der Waals surface area contributed by atoms with Crippen LogP contribution in [0.3, 0.4) is 0 Å². The van der Waals surface area contributed by atoms with E-state index in [2.05, 4.69) is 5.32 Å². The number of nitrogens with zero attached hydrogens (tertiary/aromatic N) is 2. The van der Waals surface area contributed by atoms with Gasteiger partial charge in [-0.25, -0.2) is 4.79 Å². The van der Waals surface area contributed by atoms with Crippen molar-refractivity contribution in [2.45, 2.75) is 39.2 Å². The summed E-state index contributed by atoms with van der Waals surface area (Å²) in [5, 5.41) is 12.3. The molecule has 1 saturated heterocycles. The molecule has 21 heavy (non-hydrogen) atoms. The minimum Gasteiger partial charge on any atom is -0.391 e. The average Bonchev–Trinajstić information content (AvgIpc) is 2.62. The van der Waals surface area contributed by atoms with Crippen molar-refractivity contribution in [3.63, 3.8) is 0 Å². The predicted molar refractivity (Wildman–Crippen MR) is 77.4 cm³/mol. The van der Waals surface area contributed by atoms with Crippen molar-refractivity contribution in [1.82, 2.24) is 15.1 Å². The highest BCUT2D eigenvalue weighted by Gasteiger charge is 2.32. The zero-order valence-electron chi connectivity index (χ0n) is 13.0. The van der Waals surface area contributed by atoms with Gasteiger partial charge in [0.2, 0.25) is 11.8 Å². The van der Waals surface area contributed by atoms with Crippen molar-refractivity contribution in [2.24, 2.45) is 5.92 Å². The van der Waals surface area contributed by atoms with Crippen LogP contribution in [0.2, 0.25) is 0 Å². The second-order valence-electron chi connectivity index (χ2n) is 5.88. The number of aliphatic hydroxyl groups excluding tert-OH is 1. The van der Waals surface area contributed by atoms with Gasteiger partial charge in [0.1, 0.15) is 6.54 Å². The lowest BCUT2D eigenvalue weighted by Gasteiger charge is -2.15. The summed E-state index contributed by atoms with van der Waals surface area (Å²) in [6.07, 6.45) is 0.764. The Morgan fingerprint density at radius 1 is 1.38 bits per heavy atom. The molecule has 7 heteroatoms. The Kier molecular flexibility index (Phi) is 6.61. The molecule has 0 bridgehead atoms. The molecule has 120 valence electrons. The zero-order valence-corrected chi connectivity index (χ0v) is 13.0. The van der Waals surface area contributed by atoms with Gasteiger partial charge in [-0.2, -0.15) is 0 Å². The molecular weight excluding hydrogens is 274 g/mol. The van der Waals surface area contributed by atoms with Crippen LogP contribution in [0.25, 0.3) is 0 Å². The van der Waals surface area contributed by atoms with Gasteiger partial charge in [-0.15, -0.1) is 0 Å². The highest BCUT2D eigenvalue weighted by Crippen LogP contribution is 2.09. The van der Waals surface area contributed by atoms with E-state index in [1.807, 2.05) is 13.8 Å². The van der Waals surface area contributed by atoms with Crippen molar-refractivity contribution >= 4 is 17.8 Å².